The summed E-state index contributed by atoms with van der Waals surface area (Å²) in [5.74, 6) is 0.807. The number of nitrogens with one attached hydrogen (secondary N) is 1. The number of furan rings is 1. The number of fused-ring (bicyclic) bond motifs is 1. The van der Waals surface area contributed by atoms with Gasteiger partial charge < -0.3 is 9.73 Å². The van der Waals surface area contributed by atoms with Crippen LogP contribution in [0.5, 0.6) is 0 Å². The zero-order valence-electron chi connectivity index (χ0n) is 10.6. The quantitative estimate of drug-likeness (QED) is 0.875. The predicted octanol–water partition coefficient (Wildman–Crippen LogP) is 3.73. The van der Waals surface area contributed by atoms with Gasteiger partial charge in [-0.25, -0.2) is 0 Å². The summed E-state index contributed by atoms with van der Waals surface area (Å²) in [6.45, 7) is 0.714. The van der Waals surface area contributed by atoms with Crippen molar-refractivity contribution in [2.45, 2.75) is 24.1 Å². The van der Waals surface area contributed by atoms with Crippen LogP contribution in [0.3, 0.4) is 0 Å². The van der Waals surface area contributed by atoms with E-state index in [9.17, 15) is 4.79 Å². The standard InChI is InChI=1S/C15H16BrNO2/c16-12-6-3-5-11(12)9-17-15(18)14-8-10-4-1-2-7-13(10)19-14/h1-2,4,7-8,11-12H,3,5-6,9H2,(H,17,18). The Hall–Kier alpha value is -1.29. The van der Waals surface area contributed by atoms with Gasteiger partial charge in [0.05, 0.1) is 0 Å². The zero-order chi connectivity index (χ0) is 13.2. The molecule has 1 aromatic heterocycles. The van der Waals surface area contributed by atoms with E-state index < -0.39 is 0 Å². The highest BCUT2D eigenvalue weighted by Crippen LogP contribution is 2.30. The third kappa shape index (κ3) is 2.68. The van der Waals surface area contributed by atoms with Crippen LogP contribution in [-0.4, -0.2) is 17.3 Å². The van der Waals surface area contributed by atoms with Crippen molar-refractivity contribution >= 4 is 32.8 Å². The topological polar surface area (TPSA) is 42.2 Å². The van der Waals surface area contributed by atoms with E-state index in [0.29, 0.717) is 23.1 Å². The van der Waals surface area contributed by atoms with Crippen molar-refractivity contribution in [2.75, 3.05) is 6.54 Å². The van der Waals surface area contributed by atoms with Gasteiger partial charge in [-0.15, -0.1) is 0 Å². The molecule has 0 radical (unpaired) electrons. The molecule has 19 heavy (non-hydrogen) atoms. The van der Waals surface area contributed by atoms with Gasteiger partial charge in [0.25, 0.3) is 5.91 Å². The lowest BCUT2D eigenvalue weighted by molar-refractivity contribution is 0.0922. The molecule has 0 aliphatic heterocycles. The molecule has 3 nitrogen and oxygen atoms in total. The van der Waals surface area contributed by atoms with E-state index in [-0.39, 0.29) is 5.91 Å². The Labute approximate surface area is 120 Å². The molecular formula is C15H16BrNO2. The molecule has 0 spiro atoms. The fraction of sp³-hybridized carbons (Fsp3) is 0.400. The Morgan fingerprint density at radius 3 is 2.95 bits per heavy atom. The first-order chi connectivity index (χ1) is 9.24. The average Bonchev–Trinajstić information content (AvgIpc) is 3.01. The number of carbonyl (C=O) groups is 1. The first-order valence-corrected chi connectivity index (χ1v) is 7.56. The minimum atomic E-state index is -0.122. The minimum Gasteiger partial charge on any atom is -0.451 e. The lowest BCUT2D eigenvalue weighted by atomic mass is 10.1. The van der Waals surface area contributed by atoms with Crippen LogP contribution in [0.15, 0.2) is 34.7 Å². The van der Waals surface area contributed by atoms with Gasteiger partial charge in [-0.1, -0.05) is 40.5 Å². The number of benzene rings is 1. The second kappa shape index (κ2) is 5.37. The van der Waals surface area contributed by atoms with Crippen LogP contribution in [0.4, 0.5) is 0 Å². The Balaban J connectivity index is 1.66. The van der Waals surface area contributed by atoms with Gasteiger partial charge in [-0.2, -0.15) is 0 Å². The SMILES string of the molecule is O=C(NCC1CCCC1Br)c1cc2ccccc2o1. The van der Waals surface area contributed by atoms with Crippen molar-refractivity contribution in [3.05, 3.63) is 36.1 Å². The molecule has 1 heterocycles. The molecule has 1 aliphatic rings. The monoisotopic (exact) mass is 321 g/mol. The van der Waals surface area contributed by atoms with Crippen LogP contribution < -0.4 is 5.32 Å². The predicted molar refractivity (Wildman–Crippen MR) is 78.6 cm³/mol. The van der Waals surface area contributed by atoms with Gasteiger partial charge in [0.1, 0.15) is 5.58 Å². The van der Waals surface area contributed by atoms with E-state index in [1.807, 2.05) is 24.3 Å². The largest absolute Gasteiger partial charge is 0.451 e. The van der Waals surface area contributed by atoms with E-state index >= 15 is 0 Å². The van der Waals surface area contributed by atoms with Gasteiger partial charge in [-0.3, -0.25) is 4.79 Å². The van der Waals surface area contributed by atoms with Crippen molar-refractivity contribution in [1.29, 1.82) is 0 Å². The Kier molecular flexibility index (Phi) is 3.60. The highest BCUT2D eigenvalue weighted by atomic mass is 79.9. The van der Waals surface area contributed by atoms with Crippen molar-refractivity contribution in [3.8, 4) is 0 Å². The van der Waals surface area contributed by atoms with Gasteiger partial charge in [0, 0.05) is 16.8 Å². The van der Waals surface area contributed by atoms with Crippen molar-refractivity contribution < 1.29 is 9.21 Å². The van der Waals surface area contributed by atoms with Crippen LogP contribution in [0.2, 0.25) is 0 Å². The van der Waals surface area contributed by atoms with Gasteiger partial charge >= 0.3 is 0 Å². The van der Waals surface area contributed by atoms with Crippen molar-refractivity contribution in [1.82, 2.24) is 5.32 Å². The highest BCUT2D eigenvalue weighted by molar-refractivity contribution is 9.09. The summed E-state index contributed by atoms with van der Waals surface area (Å²) in [6.07, 6.45) is 3.61. The summed E-state index contributed by atoms with van der Waals surface area (Å²) in [5, 5.41) is 3.93. The number of amides is 1. The number of rotatable bonds is 3. The number of alkyl halides is 1. The Bertz CT molecular complexity index is 560. The molecule has 1 amide bonds. The van der Waals surface area contributed by atoms with E-state index in [4.69, 9.17) is 4.42 Å². The smallest absolute Gasteiger partial charge is 0.287 e. The molecule has 4 heteroatoms. The molecule has 100 valence electrons. The molecule has 1 aliphatic carbocycles. The highest BCUT2D eigenvalue weighted by Gasteiger charge is 2.25. The summed E-state index contributed by atoms with van der Waals surface area (Å²) in [5.41, 5.74) is 0.756. The van der Waals surface area contributed by atoms with E-state index in [1.165, 1.54) is 19.3 Å². The lowest BCUT2D eigenvalue weighted by Crippen LogP contribution is -2.30. The normalized spacial score (nSPS) is 22.8. The molecular weight excluding hydrogens is 306 g/mol. The summed E-state index contributed by atoms with van der Waals surface area (Å²) in [7, 11) is 0. The molecule has 1 N–H and O–H groups in total. The van der Waals surface area contributed by atoms with Gasteiger partial charge in [-0.05, 0) is 30.9 Å². The number of hydrogen-bond acceptors (Lipinski definition) is 2. The molecule has 0 bridgehead atoms. The number of halogens is 1. The molecule has 0 saturated heterocycles. The molecule has 2 unspecified atom stereocenters. The van der Waals surface area contributed by atoms with Gasteiger partial charge in [0.2, 0.25) is 0 Å². The molecule has 1 aromatic carbocycles. The number of carbonyl (C=O) groups excluding carboxylic acids is 1. The summed E-state index contributed by atoms with van der Waals surface area (Å²) in [6, 6.07) is 9.46. The summed E-state index contributed by atoms with van der Waals surface area (Å²) in [4.78, 5) is 12.6. The van der Waals surface area contributed by atoms with E-state index in [0.717, 1.165) is 11.0 Å². The Morgan fingerprint density at radius 1 is 1.37 bits per heavy atom. The number of para-hydroxylation sites is 1. The lowest BCUT2D eigenvalue weighted by Gasteiger charge is -2.13. The van der Waals surface area contributed by atoms with E-state index in [1.54, 1.807) is 6.07 Å². The van der Waals surface area contributed by atoms with Crippen LogP contribution in [0, 0.1) is 5.92 Å². The fourth-order valence-electron chi connectivity index (χ4n) is 2.63. The van der Waals surface area contributed by atoms with Crippen LogP contribution >= 0.6 is 15.9 Å². The maximum Gasteiger partial charge on any atom is 0.287 e. The van der Waals surface area contributed by atoms with Crippen LogP contribution in [-0.2, 0) is 0 Å². The van der Waals surface area contributed by atoms with Crippen LogP contribution in [0.25, 0.3) is 11.0 Å². The van der Waals surface area contributed by atoms with Crippen LogP contribution in [0.1, 0.15) is 29.8 Å². The maximum atomic E-state index is 12.1. The summed E-state index contributed by atoms with van der Waals surface area (Å²) >= 11 is 3.66. The molecule has 1 fully saturated rings. The second-order valence-electron chi connectivity index (χ2n) is 5.07. The average molecular weight is 322 g/mol. The van der Waals surface area contributed by atoms with E-state index in [2.05, 4.69) is 21.2 Å². The second-order valence-corrected chi connectivity index (χ2v) is 6.24. The molecule has 3 rings (SSSR count). The third-order valence-corrected chi connectivity index (χ3v) is 4.95. The van der Waals surface area contributed by atoms with Gasteiger partial charge in [0.15, 0.2) is 5.76 Å². The minimum absolute atomic E-state index is 0.122. The third-order valence-electron chi connectivity index (χ3n) is 3.74. The fourth-order valence-corrected chi connectivity index (χ4v) is 3.40. The molecule has 2 aromatic rings. The Morgan fingerprint density at radius 2 is 2.21 bits per heavy atom. The molecule has 1 saturated carbocycles. The van der Waals surface area contributed by atoms with Crippen molar-refractivity contribution in [2.24, 2.45) is 5.92 Å². The number of hydrogen-bond donors (Lipinski definition) is 1. The zero-order valence-corrected chi connectivity index (χ0v) is 12.2. The van der Waals surface area contributed by atoms with Crippen molar-refractivity contribution in [3.63, 3.8) is 0 Å². The maximum absolute atomic E-state index is 12.1. The summed E-state index contributed by atoms with van der Waals surface area (Å²) < 4.78 is 5.55. The molecule has 2 atom stereocenters. The first kappa shape index (κ1) is 12.7. The first-order valence-electron chi connectivity index (χ1n) is 6.65.